The van der Waals surface area contributed by atoms with Gasteiger partial charge in [-0.15, -0.1) is 0 Å². The maximum absolute atomic E-state index is 13.0. The predicted molar refractivity (Wildman–Crippen MR) is 72.7 cm³/mol. The highest BCUT2D eigenvalue weighted by Crippen LogP contribution is 2.20. The Morgan fingerprint density at radius 2 is 1.90 bits per heavy atom. The first-order valence-electron chi connectivity index (χ1n) is 5.90. The fourth-order valence-corrected chi connectivity index (χ4v) is 2.24. The highest BCUT2D eigenvalue weighted by atomic mass is 35.5. The topological polar surface area (TPSA) is 63.1 Å². The van der Waals surface area contributed by atoms with Gasteiger partial charge in [-0.2, -0.15) is 0 Å². The van der Waals surface area contributed by atoms with E-state index in [-0.39, 0.29) is 5.56 Å². The quantitative estimate of drug-likeness (QED) is 0.944. The van der Waals surface area contributed by atoms with Crippen LogP contribution in [0.5, 0.6) is 0 Å². The molecule has 6 heteroatoms. The van der Waals surface area contributed by atoms with Crippen molar-refractivity contribution in [3.05, 3.63) is 57.4 Å². The minimum Gasteiger partial charge on any atom is -0.478 e. The van der Waals surface area contributed by atoms with E-state index in [1.807, 2.05) is 0 Å². The summed E-state index contributed by atoms with van der Waals surface area (Å²) in [5, 5.41) is 9.36. The molecule has 0 amide bonds. The van der Waals surface area contributed by atoms with E-state index in [0.717, 1.165) is 0 Å². The van der Waals surface area contributed by atoms with Crippen molar-refractivity contribution in [2.45, 2.75) is 20.3 Å². The summed E-state index contributed by atoms with van der Waals surface area (Å²) >= 11 is 5.95. The van der Waals surface area contributed by atoms with Gasteiger partial charge in [0.25, 0.3) is 0 Å². The number of carboxylic acids is 1. The number of aromatic carboxylic acids is 1. The fourth-order valence-electron chi connectivity index (χ4n) is 2.01. The standard InChI is InChI=1S/C14H12ClFN2O2/c1-7-13(14(19)20)8(2)18-12(17-7)5-9-3-4-10(16)6-11(9)15/h3-4,6H,5H2,1-2H3,(H,19,20). The molecule has 2 aromatic rings. The number of nitrogens with zero attached hydrogens (tertiary/aromatic N) is 2. The van der Waals surface area contributed by atoms with E-state index in [2.05, 4.69) is 9.97 Å². The van der Waals surface area contributed by atoms with Gasteiger partial charge >= 0.3 is 5.97 Å². The lowest BCUT2D eigenvalue weighted by molar-refractivity contribution is 0.0694. The zero-order valence-corrected chi connectivity index (χ0v) is 11.7. The van der Waals surface area contributed by atoms with Gasteiger partial charge in [-0.25, -0.2) is 19.2 Å². The Morgan fingerprint density at radius 1 is 1.30 bits per heavy atom. The average molecular weight is 295 g/mol. The molecule has 1 aromatic carbocycles. The lowest BCUT2D eigenvalue weighted by Gasteiger charge is -2.08. The number of halogens is 2. The van der Waals surface area contributed by atoms with Crippen molar-refractivity contribution in [1.82, 2.24) is 9.97 Å². The van der Waals surface area contributed by atoms with Gasteiger partial charge in [0.15, 0.2) is 0 Å². The van der Waals surface area contributed by atoms with Crippen LogP contribution in [0.3, 0.4) is 0 Å². The fraction of sp³-hybridized carbons (Fsp3) is 0.214. The van der Waals surface area contributed by atoms with Gasteiger partial charge in [-0.3, -0.25) is 0 Å². The van der Waals surface area contributed by atoms with Gasteiger partial charge < -0.3 is 5.11 Å². The van der Waals surface area contributed by atoms with E-state index >= 15 is 0 Å². The molecule has 0 unspecified atom stereocenters. The SMILES string of the molecule is Cc1nc(Cc2ccc(F)cc2Cl)nc(C)c1C(=O)O. The van der Waals surface area contributed by atoms with E-state index in [0.29, 0.717) is 34.2 Å². The summed E-state index contributed by atoms with van der Waals surface area (Å²) in [6.45, 7) is 3.24. The third kappa shape index (κ3) is 2.93. The third-order valence-corrected chi connectivity index (χ3v) is 3.25. The molecule has 2 rings (SSSR count). The van der Waals surface area contributed by atoms with Crippen LogP contribution in [0.4, 0.5) is 4.39 Å². The van der Waals surface area contributed by atoms with Crippen LogP contribution in [0.15, 0.2) is 18.2 Å². The van der Waals surface area contributed by atoms with Crippen LogP contribution in [-0.2, 0) is 6.42 Å². The second kappa shape index (κ2) is 5.54. The van der Waals surface area contributed by atoms with Gasteiger partial charge in [-0.05, 0) is 31.5 Å². The number of rotatable bonds is 3. The molecule has 104 valence electrons. The molecule has 1 heterocycles. The number of carboxylic acid groups (broad SMARTS) is 1. The smallest absolute Gasteiger partial charge is 0.339 e. The van der Waals surface area contributed by atoms with Crippen molar-refractivity contribution in [1.29, 1.82) is 0 Å². The second-order valence-corrected chi connectivity index (χ2v) is 4.81. The van der Waals surface area contributed by atoms with Crippen LogP contribution in [0.1, 0.15) is 33.1 Å². The summed E-state index contributed by atoms with van der Waals surface area (Å²) < 4.78 is 13.0. The Hall–Kier alpha value is -2.01. The Kier molecular flexibility index (Phi) is 3.99. The van der Waals surface area contributed by atoms with Crippen LogP contribution in [-0.4, -0.2) is 21.0 Å². The van der Waals surface area contributed by atoms with Crippen molar-refractivity contribution < 1.29 is 14.3 Å². The Bertz CT molecular complexity index is 666. The number of hydrogen-bond donors (Lipinski definition) is 1. The molecule has 0 aliphatic carbocycles. The van der Waals surface area contributed by atoms with E-state index in [1.165, 1.54) is 12.1 Å². The molecule has 1 aromatic heterocycles. The monoisotopic (exact) mass is 294 g/mol. The van der Waals surface area contributed by atoms with Gasteiger partial charge in [0, 0.05) is 11.4 Å². The van der Waals surface area contributed by atoms with E-state index in [4.69, 9.17) is 16.7 Å². The third-order valence-electron chi connectivity index (χ3n) is 2.89. The van der Waals surface area contributed by atoms with Crippen molar-refractivity contribution in [3.63, 3.8) is 0 Å². The van der Waals surface area contributed by atoms with Crippen LogP contribution in [0.2, 0.25) is 5.02 Å². The molecule has 0 aliphatic rings. The predicted octanol–water partition coefficient (Wildman–Crippen LogP) is 3.17. The zero-order chi connectivity index (χ0) is 14.9. The number of carbonyl (C=O) groups is 1. The summed E-state index contributed by atoms with van der Waals surface area (Å²) in [5.74, 6) is -1.00. The average Bonchev–Trinajstić information content (AvgIpc) is 2.31. The lowest BCUT2D eigenvalue weighted by Crippen LogP contribution is -2.10. The zero-order valence-electron chi connectivity index (χ0n) is 10.9. The molecule has 20 heavy (non-hydrogen) atoms. The molecule has 0 saturated carbocycles. The molecule has 1 N–H and O–H groups in total. The number of hydrogen-bond acceptors (Lipinski definition) is 3. The number of aromatic nitrogens is 2. The normalized spacial score (nSPS) is 10.6. The van der Waals surface area contributed by atoms with Crippen molar-refractivity contribution in [2.24, 2.45) is 0 Å². The molecular formula is C14H12ClFN2O2. The van der Waals surface area contributed by atoms with Crippen LogP contribution < -0.4 is 0 Å². The van der Waals surface area contributed by atoms with Gasteiger partial charge in [0.2, 0.25) is 0 Å². The molecule has 0 radical (unpaired) electrons. The highest BCUT2D eigenvalue weighted by Gasteiger charge is 2.15. The van der Waals surface area contributed by atoms with Crippen LogP contribution in [0.25, 0.3) is 0 Å². The molecule has 0 saturated heterocycles. The van der Waals surface area contributed by atoms with Gasteiger partial charge in [-0.1, -0.05) is 17.7 Å². The summed E-state index contributed by atoms with van der Waals surface area (Å²) in [6, 6.07) is 4.10. The molecule has 0 fully saturated rings. The summed E-state index contributed by atoms with van der Waals surface area (Å²) in [6.07, 6.45) is 0.320. The van der Waals surface area contributed by atoms with Crippen LogP contribution >= 0.6 is 11.6 Å². The van der Waals surface area contributed by atoms with Crippen molar-refractivity contribution >= 4 is 17.6 Å². The minimum atomic E-state index is -1.05. The van der Waals surface area contributed by atoms with Gasteiger partial charge in [0.05, 0.1) is 11.4 Å². The van der Waals surface area contributed by atoms with Crippen LogP contribution in [0, 0.1) is 19.7 Å². The van der Waals surface area contributed by atoms with E-state index < -0.39 is 11.8 Å². The van der Waals surface area contributed by atoms with Crippen molar-refractivity contribution in [3.8, 4) is 0 Å². The number of aryl methyl sites for hydroxylation is 2. The van der Waals surface area contributed by atoms with Gasteiger partial charge in [0.1, 0.15) is 17.2 Å². The molecule has 0 atom stereocenters. The molecular weight excluding hydrogens is 283 g/mol. The van der Waals surface area contributed by atoms with Crippen molar-refractivity contribution in [2.75, 3.05) is 0 Å². The molecule has 0 aliphatic heterocycles. The highest BCUT2D eigenvalue weighted by molar-refractivity contribution is 6.31. The lowest BCUT2D eigenvalue weighted by atomic mass is 10.1. The Morgan fingerprint density at radius 3 is 2.40 bits per heavy atom. The first kappa shape index (κ1) is 14.4. The number of benzene rings is 1. The summed E-state index contributed by atoms with van der Waals surface area (Å²) in [4.78, 5) is 19.4. The maximum Gasteiger partial charge on any atom is 0.339 e. The Labute approximate surface area is 120 Å². The first-order valence-corrected chi connectivity index (χ1v) is 6.27. The van der Waals surface area contributed by atoms with E-state index in [1.54, 1.807) is 19.9 Å². The molecule has 0 bridgehead atoms. The Balaban J connectivity index is 2.37. The second-order valence-electron chi connectivity index (χ2n) is 4.40. The largest absolute Gasteiger partial charge is 0.478 e. The summed E-state index contributed by atoms with van der Waals surface area (Å²) in [7, 11) is 0. The molecule has 0 spiro atoms. The maximum atomic E-state index is 13.0. The first-order chi connectivity index (χ1) is 9.38. The molecule has 4 nitrogen and oxygen atoms in total. The summed E-state index contributed by atoms with van der Waals surface area (Å²) in [5.41, 5.74) is 1.60. The minimum absolute atomic E-state index is 0.110. The van der Waals surface area contributed by atoms with E-state index in [9.17, 15) is 9.18 Å².